The lowest BCUT2D eigenvalue weighted by molar-refractivity contribution is 0.630. The molecule has 3 heterocycles. The lowest BCUT2D eigenvalue weighted by atomic mass is 10.2. The van der Waals surface area contributed by atoms with Crippen LogP contribution in [0.1, 0.15) is 0 Å². The molecule has 0 atom stereocenters. The Hall–Kier alpha value is -2.05. The van der Waals surface area contributed by atoms with Crippen molar-refractivity contribution >= 4 is 38.7 Å². The van der Waals surface area contributed by atoms with Gasteiger partial charge in [0.2, 0.25) is 0 Å². The van der Waals surface area contributed by atoms with Gasteiger partial charge in [0, 0.05) is 10.8 Å². The molecule has 4 aromatic rings. The lowest BCUT2D eigenvalue weighted by Crippen LogP contribution is -1.89. The van der Waals surface area contributed by atoms with Crippen LogP contribution >= 0.6 is 22.9 Å². The molecular weight excluding hydrogens is 299 g/mol. The van der Waals surface area contributed by atoms with Gasteiger partial charge < -0.3 is 0 Å². The summed E-state index contributed by atoms with van der Waals surface area (Å²) in [6.07, 6.45) is 1.58. The van der Waals surface area contributed by atoms with E-state index in [-0.39, 0.29) is 5.82 Å². The first-order valence-electron chi connectivity index (χ1n) is 5.76. The van der Waals surface area contributed by atoms with Crippen molar-refractivity contribution in [2.75, 3.05) is 0 Å². The number of halogens is 2. The highest BCUT2D eigenvalue weighted by Gasteiger charge is 2.12. The van der Waals surface area contributed by atoms with Gasteiger partial charge in [-0.3, -0.25) is 4.40 Å². The monoisotopic (exact) mass is 304 g/mol. The first-order valence-corrected chi connectivity index (χ1v) is 6.96. The molecule has 1 aromatic carbocycles. The normalized spacial score (nSPS) is 11.5. The first-order chi connectivity index (χ1) is 9.70. The van der Waals surface area contributed by atoms with Gasteiger partial charge in [-0.05, 0) is 23.6 Å². The quantitative estimate of drug-likeness (QED) is 0.502. The third kappa shape index (κ3) is 1.76. The Bertz CT molecular complexity index is 946. The zero-order valence-corrected chi connectivity index (χ0v) is 11.5. The Labute approximate surface area is 121 Å². The van der Waals surface area contributed by atoms with E-state index in [4.69, 9.17) is 11.6 Å². The fraction of sp³-hybridized carbons (Fsp3) is 0. The first kappa shape index (κ1) is 11.7. The van der Waals surface area contributed by atoms with Crippen molar-refractivity contribution in [2.24, 2.45) is 0 Å². The lowest BCUT2D eigenvalue weighted by Gasteiger charge is -1.95. The SMILES string of the molecule is Fc1ccc2cc(-c3nnc4cc(Cl)ncn34)sc2c1. The van der Waals surface area contributed by atoms with E-state index in [1.807, 2.05) is 6.07 Å². The number of hydrogen-bond acceptors (Lipinski definition) is 4. The predicted molar refractivity (Wildman–Crippen MR) is 76.6 cm³/mol. The minimum atomic E-state index is -0.245. The van der Waals surface area contributed by atoms with Crippen LogP contribution in [-0.4, -0.2) is 19.6 Å². The smallest absolute Gasteiger partial charge is 0.179 e. The van der Waals surface area contributed by atoms with Crippen LogP contribution in [0.3, 0.4) is 0 Å². The van der Waals surface area contributed by atoms with Crippen molar-refractivity contribution in [2.45, 2.75) is 0 Å². The average Bonchev–Trinajstić information content (AvgIpc) is 3.00. The van der Waals surface area contributed by atoms with Crippen molar-refractivity contribution in [1.82, 2.24) is 19.6 Å². The minimum Gasteiger partial charge on any atom is -0.264 e. The molecule has 98 valence electrons. The molecule has 0 aliphatic carbocycles. The number of rotatable bonds is 1. The van der Waals surface area contributed by atoms with Crippen LogP contribution < -0.4 is 0 Å². The number of benzene rings is 1. The summed E-state index contributed by atoms with van der Waals surface area (Å²) in [5.74, 6) is 0.427. The summed E-state index contributed by atoms with van der Waals surface area (Å²) in [7, 11) is 0. The van der Waals surface area contributed by atoms with Gasteiger partial charge in [-0.2, -0.15) is 0 Å². The fourth-order valence-electron chi connectivity index (χ4n) is 2.06. The van der Waals surface area contributed by atoms with E-state index < -0.39 is 0 Å². The molecule has 4 nitrogen and oxygen atoms in total. The van der Waals surface area contributed by atoms with Gasteiger partial charge in [0.05, 0.1) is 4.88 Å². The Morgan fingerprint density at radius 2 is 2.05 bits per heavy atom. The summed E-state index contributed by atoms with van der Waals surface area (Å²) in [5, 5.41) is 9.57. The number of nitrogens with zero attached hydrogens (tertiary/aromatic N) is 4. The topological polar surface area (TPSA) is 43.1 Å². The predicted octanol–water partition coefficient (Wildman–Crippen LogP) is 3.80. The van der Waals surface area contributed by atoms with Crippen molar-refractivity contribution in [3.63, 3.8) is 0 Å². The highest BCUT2D eigenvalue weighted by molar-refractivity contribution is 7.22. The molecule has 0 aliphatic rings. The summed E-state index contributed by atoms with van der Waals surface area (Å²) in [5.41, 5.74) is 0.628. The molecule has 20 heavy (non-hydrogen) atoms. The van der Waals surface area contributed by atoms with E-state index in [2.05, 4.69) is 15.2 Å². The van der Waals surface area contributed by atoms with Crippen LogP contribution in [-0.2, 0) is 0 Å². The molecule has 4 rings (SSSR count). The van der Waals surface area contributed by atoms with Gasteiger partial charge in [0.25, 0.3) is 0 Å². The molecule has 0 aliphatic heterocycles. The maximum absolute atomic E-state index is 13.2. The molecule has 0 N–H and O–H groups in total. The summed E-state index contributed by atoms with van der Waals surface area (Å²) in [6.45, 7) is 0. The van der Waals surface area contributed by atoms with Crippen LogP contribution in [0.25, 0.3) is 26.4 Å². The number of fused-ring (bicyclic) bond motifs is 2. The van der Waals surface area contributed by atoms with E-state index in [0.717, 1.165) is 15.0 Å². The second-order valence-electron chi connectivity index (χ2n) is 4.26. The van der Waals surface area contributed by atoms with Crippen LogP contribution in [0.4, 0.5) is 4.39 Å². The zero-order valence-electron chi connectivity index (χ0n) is 9.92. The molecule has 0 unspecified atom stereocenters. The Kier molecular flexibility index (Phi) is 2.48. The summed E-state index contributed by atoms with van der Waals surface area (Å²) in [4.78, 5) is 4.93. The second kappa shape index (κ2) is 4.22. The fourth-order valence-corrected chi connectivity index (χ4v) is 3.27. The van der Waals surface area contributed by atoms with E-state index in [1.54, 1.807) is 22.9 Å². The Morgan fingerprint density at radius 1 is 1.15 bits per heavy atom. The molecule has 0 fully saturated rings. The Morgan fingerprint density at radius 3 is 2.95 bits per heavy atom. The molecule has 0 amide bonds. The number of aromatic nitrogens is 4. The van der Waals surface area contributed by atoms with Crippen LogP contribution in [0.2, 0.25) is 5.15 Å². The van der Waals surface area contributed by atoms with Gasteiger partial charge in [-0.25, -0.2) is 9.37 Å². The van der Waals surface area contributed by atoms with Crippen LogP contribution in [0, 0.1) is 5.82 Å². The van der Waals surface area contributed by atoms with Crippen molar-refractivity contribution in [3.8, 4) is 10.7 Å². The van der Waals surface area contributed by atoms with E-state index in [0.29, 0.717) is 16.6 Å². The highest BCUT2D eigenvalue weighted by Crippen LogP contribution is 2.33. The van der Waals surface area contributed by atoms with E-state index >= 15 is 0 Å². The van der Waals surface area contributed by atoms with E-state index in [9.17, 15) is 4.39 Å². The third-order valence-corrected chi connectivity index (χ3v) is 4.27. The third-order valence-electron chi connectivity index (χ3n) is 2.97. The van der Waals surface area contributed by atoms with Crippen molar-refractivity contribution in [1.29, 1.82) is 0 Å². The maximum Gasteiger partial charge on any atom is 0.179 e. The molecule has 0 saturated heterocycles. The van der Waals surface area contributed by atoms with Crippen molar-refractivity contribution in [3.05, 3.63) is 47.6 Å². The standard InChI is InChI=1S/C13H6ClFN4S/c14-11-5-12-17-18-13(19(12)6-16-11)10-3-7-1-2-8(15)4-9(7)20-10/h1-6H. The Balaban J connectivity index is 1.96. The molecule has 3 aromatic heterocycles. The summed E-state index contributed by atoms with van der Waals surface area (Å²) >= 11 is 7.29. The molecule has 0 radical (unpaired) electrons. The van der Waals surface area contributed by atoms with Crippen LogP contribution in [0.5, 0.6) is 0 Å². The minimum absolute atomic E-state index is 0.245. The average molecular weight is 305 g/mol. The second-order valence-corrected chi connectivity index (χ2v) is 5.73. The summed E-state index contributed by atoms with van der Waals surface area (Å²) in [6, 6.07) is 8.32. The van der Waals surface area contributed by atoms with Crippen molar-refractivity contribution < 1.29 is 4.39 Å². The zero-order chi connectivity index (χ0) is 13.7. The van der Waals surface area contributed by atoms with Gasteiger partial charge in [0.1, 0.15) is 17.3 Å². The number of thiophene rings is 1. The van der Waals surface area contributed by atoms with Gasteiger partial charge in [0.15, 0.2) is 11.5 Å². The number of hydrogen-bond donors (Lipinski definition) is 0. The molecule has 7 heteroatoms. The molecule has 0 bridgehead atoms. The molecule has 0 spiro atoms. The molecule has 0 saturated carbocycles. The van der Waals surface area contributed by atoms with Crippen LogP contribution in [0.15, 0.2) is 36.7 Å². The largest absolute Gasteiger partial charge is 0.264 e. The highest BCUT2D eigenvalue weighted by atomic mass is 35.5. The van der Waals surface area contributed by atoms with Gasteiger partial charge in [-0.1, -0.05) is 17.7 Å². The summed E-state index contributed by atoms with van der Waals surface area (Å²) < 4.78 is 15.9. The van der Waals surface area contributed by atoms with Gasteiger partial charge >= 0.3 is 0 Å². The molecular formula is C13H6ClFN4S. The van der Waals surface area contributed by atoms with E-state index in [1.165, 1.54) is 23.5 Å². The maximum atomic E-state index is 13.2. The van der Waals surface area contributed by atoms with Gasteiger partial charge in [-0.15, -0.1) is 21.5 Å².